The average Bonchev–Trinajstić information content (AvgIpc) is 2.40. The van der Waals surface area contributed by atoms with Gasteiger partial charge in [0.2, 0.25) is 0 Å². The van der Waals surface area contributed by atoms with E-state index >= 15 is 0 Å². The van der Waals surface area contributed by atoms with Crippen molar-refractivity contribution in [3.8, 4) is 0 Å². The van der Waals surface area contributed by atoms with Crippen molar-refractivity contribution in [1.82, 2.24) is 4.90 Å². The quantitative estimate of drug-likeness (QED) is 0.888. The lowest BCUT2D eigenvalue weighted by Gasteiger charge is -2.39. The van der Waals surface area contributed by atoms with Crippen LogP contribution in [0.2, 0.25) is 0 Å². The highest BCUT2D eigenvalue weighted by molar-refractivity contribution is 5.19. The van der Waals surface area contributed by atoms with Crippen LogP contribution in [0.4, 0.5) is 0 Å². The summed E-state index contributed by atoms with van der Waals surface area (Å²) in [4.78, 5) is 2.34. The topological polar surface area (TPSA) is 32.7 Å². The van der Waals surface area contributed by atoms with Gasteiger partial charge in [-0.15, -0.1) is 0 Å². The van der Waals surface area contributed by atoms with Gasteiger partial charge in [0.1, 0.15) is 0 Å². The molecule has 1 N–H and O–H groups in total. The molecule has 1 aromatic rings. The van der Waals surface area contributed by atoms with E-state index in [1.165, 1.54) is 5.56 Å². The number of β-amino-alcohol motifs (C(OH)–C–C–N with tert-alkyl or cyclic N) is 1. The zero-order chi connectivity index (χ0) is 13.0. The maximum absolute atomic E-state index is 9.88. The van der Waals surface area contributed by atoms with Gasteiger partial charge in [-0.1, -0.05) is 37.3 Å². The first-order chi connectivity index (χ1) is 8.70. The Hall–Kier alpha value is -0.900. The van der Waals surface area contributed by atoms with Gasteiger partial charge >= 0.3 is 0 Å². The molecule has 0 aromatic heterocycles. The molecule has 1 fully saturated rings. The molecule has 3 heteroatoms. The van der Waals surface area contributed by atoms with Crippen LogP contribution in [0.1, 0.15) is 31.9 Å². The fraction of sp³-hybridized carbons (Fsp3) is 0.600. The lowest BCUT2D eigenvalue weighted by molar-refractivity contribution is -0.0686. The van der Waals surface area contributed by atoms with Gasteiger partial charge in [-0.05, 0) is 18.9 Å². The fourth-order valence-electron chi connectivity index (χ4n) is 2.45. The van der Waals surface area contributed by atoms with E-state index < -0.39 is 0 Å². The van der Waals surface area contributed by atoms with Crippen molar-refractivity contribution < 1.29 is 9.84 Å². The highest BCUT2D eigenvalue weighted by Gasteiger charge is 2.28. The highest BCUT2D eigenvalue weighted by Crippen LogP contribution is 2.26. The Morgan fingerprint density at radius 3 is 2.78 bits per heavy atom. The summed E-state index contributed by atoms with van der Waals surface area (Å²) in [6, 6.07) is 10.7. The largest absolute Gasteiger partial charge is 0.392 e. The van der Waals surface area contributed by atoms with E-state index in [4.69, 9.17) is 4.74 Å². The standard InChI is InChI=1S/C15H23NO2/c1-3-14(17)10-16-9-12(2)18-11-15(16)13-7-5-4-6-8-13/h4-8,12,14-15,17H,3,9-11H2,1-2H3. The van der Waals surface area contributed by atoms with E-state index in [9.17, 15) is 5.11 Å². The van der Waals surface area contributed by atoms with Gasteiger partial charge in [0.25, 0.3) is 0 Å². The Morgan fingerprint density at radius 2 is 2.11 bits per heavy atom. The van der Waals surface area contributed by atoms with Crippen molar-refractivity contribution in [3.63, 3.8) is 0 Å². The molecule has 3 nitrogen and oxygen atoms in total. The lowest BCUT2D eigenvalue weighted by atomic mass is 10.0. The van der Waals surface area contributed by atoms with Crippen molar-refractivity contribution in [2.45, 2.75) is 38.5 Å². The molecule has 0 radical (unpaired) electrons. The monoisotopic (exact) mass is 249 g/mol. The number of hydrogen-bond donors (Lipinski definition) is 1. The predicted molar refractivity (Wildman–Crippen MR) is 72.5 cm³/mol. The van der Waals surface area contributed by atoms with Crippen molar-refractivity contribution in [2.75, 3.05) is 19.7 Å². The molecule has 2 rings (SSSR count). The molecule has 0 spiro atoms. The molecule has 0 aliphatic carbocycles. The first-order valence-electron chi connectivity index (χ1n) is 6.79. The minimum absolute atomic E-state index is 0.244. The Labute approximate surface area is 109 Å². The van der Waals surface area contributed by atoms with Gasteiger partial charge in [-0.25, -0.2) is 0 Å². The molecule has 100 valence electrons. The van der Waals surface area contributed by atoms with Crippen molar-refractivity contribution in [2.24, 2.45) is 0 Å². The summed E-state index contributed by atoms with van der Waals surface area (Å²) < 4.78 is 5.77. The predicted octanol–water partition coefficient (Wildman–Crippen LogP) is 2.22. The molecule has 3 atom stereocenters. The van der Waals surface area contributed by atoms with Crippen LogP contribution in [0.15, 0.2) is 30.3 Å². The number of morpholine rings is 1. The smallest absolute Gasteiger partial charge is 0.0675 e. The van der Waals surface area contributed by atoms with Crippen LogP contribution in [0, 0.1) is 0 Å². The minimum Gasteiger partial charge on any atom is -0.392 e. The van der Waals surface area contributed by atoms with Crippen LogP contribution < -0.4 is 0 Å². The average molecular weight is 249 g/mol. The van der Waals surface area contributed by atoms with Gasteiger partial charge in [-0.2, -0.15) is 0 Å². The summed E-state index contributed by atoms with van der Waals surface area (Å²) in [5.74, 6) is 0. The van der Waals surface area contributed by atoms with E-state index in [2.05, 4.69) is 36.1 Å². The highest BCUT2D eigenvalue weighted by atomic mass is 16.5. The van der Waals surface area contributed by atoms with Crippen molar-refractivity contribution in [1.29, 1.82) is 0 Å². The summed E-state index contributed by atoms with van der Waals surface area (Å²) >= 11 is 0. The normalized spacial score (nSPS) is 27.1. The summed E-state index contributed by atoms with van der Waals surface area (Å²) in [6.07, 6.45) is 0.795. The number of nitrogens with zero attached hydrogens (tertiary/aromatic N) is 1. The van der Waals surface area contributed by atoms with Gasteiger partial charge in [0, 0.05) is 13.1 Å². The Kier molecular flexibility index (Phi) is 4.75. The maximum Gasteiger partial charge on any atom is 0.0675 e. The molecule has 1 saturated heterocycles. The first kappa shape index (κ1) is 13.5. The number of aliphatic hydroxyl groups is 1. The van der Waals surface area contributed by atoms with Crippen LogP contribution >= 0.6 is 0 Å². The number of aliphatic hydroxyl groups excluding tert-OH is 1. The Balaban J connectivity index is 2.10. The summed E-state index contributed by atoms with van der Waals surface area (Å²) in [7, 11) is 0. The molecule has 1 aliphatic rings. The van der Waals surface area contributed by atoms with Crippen LogP contribution in [-0.4, -0.2) is 41.9 Å². The second-order valence-electron chi connectivity index (χ2n) is 5.09. The SMILES string of the molecule is CCC(O)CN1CC(C)OCC1c1ccccc1. The number of ether oxygens (including phenoxy) is 1. The summed E-state index contributed by atoms with van der Waals surface area (Å²) in [5.41, 5.74) is 1.27. The zero-order valence-corrected chi connectivity index (χ0v) is 11.2. The zero-order valence-electron chi connectivity index (χ0n) is 11.2. The molecule has 1 aliphatic heterocycles. The molecule has 18 heavy (non-hydrogen) atoms. The maximum atomic E-state index is 9.88. The summed E-state index contributed by atoms with van der Waals surface area (Å²) in [5, 5.41) is 9.88. The van der Waals surface area contributed by atoms with Gasteiger partial charge < -0.3 is 9.84 Å². The second kappa shape index (κ2) is 6.32. The number of rotatable bonds is 4. The van der Waals surface area contributed by atoms with E-state index in [0.29, 0.717) is 6.61 Å². The third kappa shape index (κ3) is 3.31. The van der Waals surface area contributed by atoms with Crippen LogP contribution in [0.25, 0.3) is 0 Å². The third-order valence-corrected chi connectivity index (χ3v) is 3.57. The third-order valence-electron chi connectivity index (χ3n) is 3.57. The minimum atomic E-state index is -0.249. The van der Waals surface area contributed by atoms with Gasteiger partial charge in [-0.3, -0.25) is 4.90 Å². The van der Waals surface area contributed by atoms with Crippen LogP contribution in [-0.2, 0) is 4.74 Å². The van der Waals surface area contributed by atoms with Crippen LogP contribution in [0.5, 0.6) is 0 Å². The van der Waals surface area contributed by atoms with Crippen molar-refractivity contribution >= 4 is 0 Å². The van der Waals surface area contributed by atoms with Gasteiger partial charge in [0.15, 0.2) is 0 Å². The Morgan fingerprint density at radius 1 is 1.39 bits per heavy atom. The molecule has 0 saturated carbocycles. The van der Waals surface area contributed by atoms with E-state index in [-0.39, 0.29) is 18.2 Å². The number of hydrogen-bond acceptors (Lipinski definition) is 3. The molecular formula is C15H23NO2. The molecule has 3 unspecified atom stereocenters. The fourth-order valence-corrected chi connectivity index (χ4v) is 2.45. The van der Waals surface area contributed by atoms with Crippen LogP contribution in [0.3, 0.4) is 0 Å². The molecule has 1 aromatic carbocycles. The van der Waals surface area contributed by atoms with Crippen molar-refractivity contribution in [3.05, 3.63) is 35.9 Å². The number of benzene rings is 1. The molecule has 0 amide bonds. The van der Waals surface area contributed by atoms with E-state index in [1.807, 2.05) is 13.0 Å². The second-order valence-corrected chi connectivity index (χ2v) is 5.09. The van der Waals surface area contributed by atoms with E-state index in [0.717, 1.165) is 19.5 Å². The summed E-state index contributed by atoms with van der Waals surface area (Å²) in [6.45, 7) is 6.43. The molecule has 1 heterocycles. The first-order valence-corrected chi connectivity index (χ1v) is 6.79. The van der Waals surface area contributed by atoms with Gasteiger partial charge in [0.05, 0.1) is 24.9 Å². The lowest BCUT2D eigenvalue weighted by Crippen LogP contribution is -2.46. The molecule has 0 bridgehead atoms. The van der Waals surface area contributed by atoms with E-state index in [1.54, 1.807) is 0 Å². The Bertz CT molecular complexity index is 355. The molecular weight excluding hydrogens is 226 g/mol.